The predicted molar refractivity (Wildman–Crippen MR) is 360 cm³/mol. The highest BCUT2D eigenvalue weighted by molar-refractivity contribution is 9.11. The van der Waals surface area contributed by atoms with Gasteiger partial charge < -0.3 is 37.9 Å². The zero-order valence-corrected chi connectivity index (χ0v) is 57.1. The average molecular weight is 1310 g/mol. The van der Waals surface area contributed by atoms with Gasteiger partial charge in [0.25, 0.3) is 0 Å². The molecule has 0 saturated carbocycles. The number of benzene rings is 4. The van der Waals surface area contributed by atoms with Gasteiger partial charge in [-0.3, -0.25) is 0 Å². The molecule has 8 nitrogen and oxygen atoms in total. The van der Waals surface area contributed by atoms with Gasteiger partial charge >= 0.3 is 0 Å². The van der Waals surface area contributed by atoms with E-state index in [2.05, 4.69) is 96.0 Å². The second-order valence-corrected chi connectivity index (χ2v) is 27.8. The molecule has 0 radical (unpaired) electrons. The molecule has 0 aromatic heterocycles. The van der Waals surface area contributed by atoms with Crippen LogP contribution in [0.3, 0.4) is 0 Å². The number of hydrogen-bond acceptors (Lipinski definition) is 8. The molecule has 4 aliphatic heterocycles. The van der Waals surface area contributed by atoms with Gasteiger partial charge in [0.05, 0.1) is 0 Å². The zero-order valence-electron chi connectivity index (χ0n) is 53.9. The molecule has 0 spiro atoms. The van der Waals surface area contributed by atoms with Gasteiger partial charge in [-0.15, -0.1) is 0 Å². The molecule has 0 saturated heterocycles. The van der Waals surface area contributed by atoms with E-state index in [1.807, 2.05) is 0 Å². The first-order valence-electron chi connectivity index (χ1n) is 35.6. The quantitative estimate of drug-likeness (QED) is 0.0408. The summed E-state index contributed by atoms with van der Waals surface area (Å²) in [5, 5.41) is 0. The van der Waals surface area contributed by atoms with E-state index in [0.717, 1.165) is 106 Å². The van der Waals surface area contributed by atoms with Crippen LogP contribution in [0.15, 0.2) is 45.3 Å². The van der Waals surface area contributed by atoms with Crippen molar-refractivity contribution in [2.75, 3.05) is 27.2 Å². The minimum absolute atomic E-state index is 0.000128. The molecule has 0 amide bonds. The summed E-state index contributed by atoms with van der Waals surface area (Å²) < 4.78 is 56.8. The Hall–Kier alpha value is -3.76. The molecule has 2 atom stereocenters. The van der Waals surface area contributed by atoms with Crippen LogP contribution in [0.4, 0.5) is 0 Å². The molecule has 476 valence electrons. The second kappa shape index (κ2) is 36.2. The molecule has 4 aromatic rings. The zero-order chi connectivity index (χ0) is 59.7. The summed E-state index contributed by atoms with van der Waals surface area (Å²) in [5.74, 6) is 6.44. The van der Waals surface area contributed by atoms with Crippen LogP contribution in [0, 0.1) is 0 Å². The van der Waals surface area contributed by atoms with Crippen molar-refractivity contribution in [3.8, 4) is 46.0 Å². The molecule has 5 aliphatic rings. The molecule has 9 rings (SSSR count). The number of hydrogen-bond donors (Lipinski definition) is 0. The normalized spacial score (nSPS) is 17.7. The highest BCUT2D eigenvalue weighted by Gasteiger charge is 2.39. The Labute approximate surface area is 537 Å². The van der Waals surface area contributed by atoms with Crippen molar-refractivity contribution in [3.63, 3.8) is 0 Å². The summed E-state index contributed by atoms with van der Waals surface area (Å²) in [6.45, 7) is 9.43. The lowest BCUT2D eigenvalue weighted by Gasteiger charge is -2.36. The van der Waals surface area contributed by atoms with Crippen molar-refractivity contribution in [2.45, 2.75) is 308 Å². The molecule has 1 aliphatic carbocycles. The maximum atomic E-state index is 6.93. The number of unbranched alkanes of at least 4 members (excludes halogenated alkanes) is 32. The van der Waals surface area contributed by atoms with Crippen molar-refractivity contribution in [1.29, 1.82) is 0 Å². The van der Waals surface area contributed by atoms with Crippen LogP contribution < -0.4 is 37.9 Å². The highest BCUT2D eigenvalue weighted by Crippen LogP contribution is 2.58. The molecule has 86 heavy (non-hydrogen) atoms. The van der Waals surface area contributed by atoms with Crippen LogP contribution >= 0.6 is 31.9 Å². The Morgan fingerprint density at radius 2 is 0.430 bits per heavy atom. The molecule has 4 heterocycles. The van der Waals surface area contributed by atoms with Crippen LogP contribution in [0.1, 0.15) is 353 Å². The first kappa shape index (κ1) is 66.7. The van der Waals surface area contributed by atoms with Crippen LogP contribution in [0.25, 0.3) is 0 Å². The summed E-state index contributed by atoms with van der Waals surface area (Å²) >= 11 is 8.49. The summed E-state index contributed by atoms with van der Waals surface area (Å²) in [6, 6.07) is 14.4. The first-order valence-corrected chi connectivity index (χ1v) is 37.1. The topological polar surface area (TPSA) is 73.8 Å². The van der Waals surface area contributed by atoms with Crippen LogP contribution in [0.5, 0.6) is 46.0 Å². The average Bonchev–Trinajstić information content (AvgIpc) is 1.15. The fraction of sp³-hybridized carbons (Fsp3) is 0.684. The van der Waals surface area contributed by atoms with Gasteiger partial charge in [0.2, 0.25) is 27.2 Å². The van der Waals surface area contributed by atoms with E-state index in [4.69, 9.17) is 37.9 Å². The minimum Gasteiger partial charge on any atom is -0.457 e. The monoisotopic (exact) mass is 1310 g/mol. The van der Waals surface area contributed by atoms with Crippen LogP contribution in [-0.4, -0.2) is 27.2 Å². The smallest absolute Gasteiger partial charge is 0.231 e. The van der Waals surface area contributed by atoms with Gasteiger partial charge in [-0.2, -0.15) is 0 Å². The number of rotatable bonds is 40. The van der Waals surface area contributed by atoms with E-state index in [9.17, 15) is 0 Å². The molecule has 8 bridgehead atoms. The molecule has 10 heteroatoms. The van der Waals surface area contributed by atoms with E-state index >= 15 is 0 Å². The lowest BCUT2D eigenvalue weighted by atomic mass is 9.76. The lowest BCUT2D eigenvalue weighted by molar-refractivity contribution is 0.0969. The van der Waals surface area contributed by atoms with E-state index < -0.39 is 0 Å². The summed E-state index contributed by atoms with van der Waals surface area (Å²) in [6.07, 6.45) is 49.6. The van der Waals surface area contributed by atoms with Crippen molar-refractivity contribution in [2.24, 2.45) is 0 Å². The van der Waals surface area contributed by atoms with E-state index in [-0.39, 0.29) is 50.8 Å². The third-order valence-corrected chi connectivity index (χ3v) is 21.3. The molecule has 0 N–H and O–H groups in total. The highest BCUT2D eigenvalue weighted by atomic mass is 79.9. The van der Waals surface area contributed by atoms with E-state index in [1.54, 1.807) is 0 Å². The van der Waals surface area contributed by atoms with Gasteiger partial charge in [0.15, 0.2) is 0 Å². The van der Waals surface area contributed by atoms with Gasteiger partial charge in [-0.25, -0.2) is 0 Å². The molecule has 2 unspecified atom stereocenters. The van der Waals surface area contributed by atoms with Gasteiger partial charge in [-0.05, 0) is 81.8 Å². The molecular formula is C76H110Br2O8. The fourth-order valence-electron chi connectivity index (χ4n) is 14.9. The fourth-order valence-corrected chi connectivity index (χ4v) is 16.2. The van der Waals surface area contributed by atoms with Crippen LogP contribution in [-0.2, 0) is 0 Å². The van der Waals surface area contributed by atoms with E-state index in [0.29, 0.717) is 0 Å². The van der Waals surface area contributed by atoms with Crippen molar-refractivity contribution in [1.82, 2.24) is 0 Å². The van der Waals surface area contributed by atoms with E-state index in [1.165, 1.54) is 250 Å². The summed E-state index contributed by atoms with van der Waals surface area (Å²) in [4.78, 5) is 0. The third kappa shape index (κ3) is 17.8. The van der Waals surface area contributed by atoms with Gasteiger partial charge in [0.1, 0.15) is 54.9 Å². The summed E-state index contributed by atoms with van der Waals surface area (Å²) in [7, 11) is 0. The largest absolute Gasteiger partial charge is 0.457 e. The summed E-state index contributed by atoms with van der Waals surface area (Å²) in [5.41, 5.74) is 9.64. The van der Waals surface area contributed by atoms with Crippen molar-refractivity contribution < 1.29 is 37.9 Å². The SMILES string of the molecule is CCCCCCCCCCCC1c2cc3c4cc2OCOc2cc5c(cc21)C(CCCCCCCCCCC)c1cc2c(c(Br)c1OCO5)OCOc1c(cc(c(c1Br)OCO4)C3CCCCCCCCCCC)C2CCCCCCCCCCC. The Kier molecular flexibility index (Phi) is 28.0. The number of halogens is 2. The lowest BCUT2D eigenvalue weighted by Crippen LogP contribution is -2.23. The Morgan fingerprint density at radius 1 is 0.244 bits per heavy atom. The Balaban J connectivity index is 1.20. The first-order chi connectivity index (χ1) is 42.4. The van der Waals surface area contributed by atoms with Crippen molar-refractivity contribution in [3.05, 3.63) is 89.9 Å². The van der Waals surface area contributed by atoms with Gasteiger partial charge in [-0.1, -0.05) is 259 Å². The van der Waals surface area contributed by atoms with Crippen molar-refractivity contribution >= 4 is 31.9 Å². The Bertz CT molecular complexity index is 2530. The Morgan fingerprint density at radius 3 is 0.686 bits per heavy atom. The third-order valence-electron chi connectivity index (χ3n) is 19.8. The van der Waals surface area contributed by atoms with Gasteiger partial charge in [0, 0.05) is 80.3 Å². The minimum atomic E-state index is -0.0472. The molecular weight excluding hydrogens is 1200 g/mol. The molecule has 4 aromatic carbocycles. The maximum absolute atomic E-state index is 6.93. The van der Waals surface area contributed by atoms with Crippen LogP contribution in [0.2, 0.25) is 0 Å². The standard InChI is InChI=1S/C76H110Br2O8/c1-5-9-13-17-21-25-29-33-37-41-55-59-45-61-56(42-38-34-30-26-22-18-14-10-6-2)63-47-65-58(44-40-36-32-28-24-20-16-12-8-4)66-48-64-57(43-39-35-31-27-23-19-15-11-7-3)62-46-60(55)68-50-70(62)82-53-84-74(64)72(78)76(66)86-54-85-75(65)71(77)73(63)83-52-81-69(61)49-67(59)79-51-80-68/h45-50,55-58H,5-44,51-54H2,1-4H3. The number of ether oxygens (including phenoxy) is 8. The maximum Gasteiger partial charge on any atom is 0.231 e. The second-order valence-electron chi connectivity index (χ2n) is 26.2. The predicted octanol–water partition coefficient (Wildman–Crippen LogP) is 24.7. The molecule has 0 fully saturated rings.